The molecule has 0 bridgehead atoms. The number of allylic oxidation sites excluding steroid dienone is 4. The van der Waals surface area contributed by atoms with Crippen molar-refractivity contribution in [3.63, 3.8) is 0 Å². The van der Waals surface area contributed by atoms with E-state index in [9.17, 15) is 31.5 Å². The SMILES string of the molecule is C[C@]12C[C@H](c3ccc(OS(=O)(=O)C(F)(F)F)cc3)C3=C4CCC(=O)C=C4CC[C@H]3[C@@H]1CC[C@@]2(O)C#Cc1ccccc1.S.S.S.S. The van der Waals surface area contributed by atoms with Crippen molar-refractivity contribution >= 4 is 69.9 Å². The molecule has 2 aromatic rings. The maximum Gasteiger partial charge on any atom is 0.534 e. The minimum atomic E-state index is -5.79. The number of halogens is 3. The molecule has 0 amide bonds. The first-order valence-electron chi connectivity index (χ1n) is 14.2. The van der Waals surface area contributed by atoms with Gasteiger partial charge in [-0.15, -0.1) is 0 Å². The minimum absolute atomic E-state index is 0. The van der Waals surface area contributed by atoms with Crippen LogP contribution < -0.4 is 4.18 Å². The summed E-state index contributed by atoms with van der Waals surface area (Å²) in [6.45, 7) is 2.10. The van der Waals surface area contributed by atoms with Gasteiger partial charge in [0.2, 0.25) is 0 Å². The molecule has 0 saturated heterocycles. The predicted octanol–water partition coefficient (Wildman–Crippen LogP) is 7.05. The highest BCUT2D eigenvalue weighted by molar-refractivity contribution is 7.88. The van der Waals surface area contributed by atoms with Crippen molar-refractivity contribution in [2.75, 3.05) is 0 Å². The number of hydrogen-bond donors (Lipinski definition) is 1. The number of rotatable bonds is 3. The molecule has 252 valence electrons. The van der Waals surface area contributed by atoms with E-state index in [0.29, 0.717) is 25.7 Å². The van der Waals surface area contributed by atoms with Crippen molar-refractivity contribution in [2.45, 2.75) is 68.9 Å². The summed E-state index contributed by atoms with van der Waals surface area (Å²) in [6.07, 6.45) is 6.33. The summed E-state index contributed by atoms with van der Waals surface area (Å²) < 4.78 is 66.1. The highest BCUT2D eigenvalue weighted by Crippen LogP contribution is 2.66. The Morgan fingerprint density at radius 3 is 2.22 bits per heavy atom. The smallest absolute Gasteiger partial charge is 0.377 e. The molecule has 4 aliphatic rings. The van der Waals surface area contributed by atoms with Crippen LogP contribution in [0.3, 0.4) is 0 Å². The van der Waals surface area contributed by atoms with Crippen LogP contribution in [0.25, 0.3) is 0 Å². The van der Waals surface area contributed by atoms with Gasteiger partial charge >= 0.3 is 15.6 Å². The molecule has 0 heterocycles. The van der Waals surface area contributed by atoms with Crippen LogP contribution in [0.5, 0.6) is 5.75 Å². The molecule has 4 aliphatic carbocycles. The van der Waals surface area contributed by atoms with E-state index < -0.39 is 32.4 Å². The fraction of sp³-hybridized carbons (Fsp3) is 0.424. The second-order valence-corrected chi connectivity index (χ2v) is 13.6. The molecule has 2 aromatic carbocycles. The lowest BCUT2D eigenvalue weighted by Gasteiger charge is -2.53. The van der Waals surface area contributed by atoms with Gasteiger partial charge in [0.1, 0.15) is 11.4 Å². The van der Waals surface area contributed by atoms with E-state index in [1.807, 2.05) is 30.3 Å². The van der Waals surface area contributed by atoms with E-state index in [-0.39, 0.29) is 77.5 Å². The number of aliphatic hydroxyl groups is 1. The van der Waals surface area contributed by atoms with Crippen LogP contribution in [0.2, 0.25) is 0 Å². The lowest BCUT2D eigenvalue weighted by Crippen LogP contribution is -2.51. The van der Waals surface area contributed by atoms with Gasteiger partial charge in [0.05, 0.1) is 0 Å². The Labute approximate surface area is 296 Å². The molecule has 6 rings (SSSR count). The van der Waals surface area contributed by atoms with Crippen LogP contribution in [0.4, 0.5) is 13.2 Å². The molecule has 1 N–H and O–H groups in total. The maximum absolute atomic E-state index is 12.9. The number of fused-ring (bicyclic) bond motifs is 4. The van der Waals surface area contributed by atoms with Gasteiger partial charge in [0.25, 0.3) is 0 Å². The van der Waals surface area contributed by atoms with Gasteiger partial charge in [0, 0.05) is 23.3 Å². The molecular weight excluding hydrogens is 694 g/mol. The van der Waals surface area contributed by atoms with Crippen LogP contribution in [-0.2, 0) is 14.9 Å². The molecule has 0 aliphatic heterocycles. The summed E-state index contributed by atoms with van der Waals surface area (Å²) in [4.78, 5) is 12.3. The third-order valence-corrected chi connectivity index (χ3v) is 10.8. The molecule has 0 aromatic heterocycles. The third kappa shape index (κ3) is 7.08. The van der Waals surface area contributed by atoms with Gasteiger partial charge in [-0.1, -0.05) is 54.7 Å². The summed E-state index contributed by atoms with van der Waals surface area (Å²) in [5, 5.41) is 12.1. The standard InChI is InChI=1S/C33H31F3O5S.4H2S/c1-31-20-28(22-7-11-25(12-8-22)41-42(39,40)33(34,35)36)30-26-14-10-24(37)19-23(26)9-13-27(30)29(31)16-18-32(31,38)17-15-21-5-3-2-4-6-21;;;;/h2-8,11-12,19,27-29,38H,9-10,13-14,16,18,20H2,1H3;4*1H2/t27-,28+,29-,31-,32-;;;;/m0..../s1. The van der Waals surface area contributed by atoms with Crippen LogP contribution in [0.15, 0.2) is 77.4 Å². The largest absolute Gasteiger partial charge is 0.534 e. The van der Waals surface area contributed by atoms with Gasteiger partial charge in [-0.3, -0.25) is 4.79 Å². The number of hydrogen-bond acceptors (Lipinski definition) is 5. The molecule has 13 heteroatoms. The van der Waals surface area contributed by atoms with Crippen molar-refractivity contribution < 1.29 is 35.7 Å². The molecule has 2 fully saturated rings. The zero-order valence-electron chi connectivity index (χ0n) is 25.1. The normalized spacial score (nSPS) is 28.2. The predicted molar refractivity (Wildman–Crippen MR) is 192 cm³/mol. The quantitative estimate of drug-likeness (QED) is 0.208. The third-order valence-electron chi connectivity index (χ3n) is 9.85. The highest BCUT2D eigenvalue weighted by atomic mass is 32.2. The van der Waals surface area contributed by atoms with Crippen molar-refractivity contribution in [3.8, 4) is 17.6 Å². The topological polar surface area (TPSA) is 80.7 Å². The second-order valence-electron chi connectivity index (χ2n) is 12.1. The highest BCUT2D eigenvalue weighted by Gasteiger charge is 2.62. The molecule has 0 radical (unpaired) electrons. The molecule has 0 spiro atoms. The fourth-order valence-corrected chi connectivity index (χ4v) is 8.26. The summed E-state index contributed by atoms with van der Waals surface area (Å²) in [7, 11) is -5.79. The van der Waals surface area contributed by atoms with Crippen molar-refractivity contribution in [3.05, 3.63) is 88.5 Å². The van der Waals surface area contributed by atoms with Crippen molar-refractivity contribution in [2.24, 2.45) is 17.3 Å². The number of carbonyl (C=O) groups is 1. The van der Waals surface area contributed by atoms with Crippen LogP contribution in [0.1, 0.15) is 68.9 Å². The number of ketones is 1. The van der Waals surface area contributed by atoms with E-state index in [2.05, 4.69) is 22.9 Å². The zero-order chi connectivity index (χ0) is 29.9. The summed E-state index contributed by atoms with van der Waals surface area (Å²) in [5.41, 5.74) is -2.27. The van der Waals surface area contributed by atoms with E-state index in [0.717, 1.165) is 36.0 Å². The van der Waals surface area contributed by atoms with E-state index in [1.165, 1.54) is 23.3 Å². The van der Waals surface area contributed by atoms with Crippen molar-refractivity contribution in [1.29, 1.82) is 0 Å². The van der Waals surface area contributed by atoms with Crippen LogP contribution in [0, 0.1) is 29.1 Å². The van der Waals surface area contributed by atoms with Gasteiger partial charge in [-0.05, 0) is 97.4 Å². The lowest BCUT2D eigenvalue weighted by atomic mass is 9.51. The first kappa shape index (κ1) is 40.2. The summed E-state index contributed by atoms with van der Waals surface area (Å²) in [6, 6.07) is 15.2. The van der Waals surface area contributed by atoms with E-state index in [1.54, 1.807) is 18.2 Å². The van der Waals surface area contributed by atoms with Gasteiger partial charge in [0.15, 0.2) is 5.78 Å². The van der Waals surface area contributed by atoms with Crippen molar-refractivity contribution in [1.82, 2.24) is 0 Å². The number of alkyl halides is 3. The van der Waals surface area contributed by atoms with Gasteiger partial charge < -0.3 is 9.29 Å². The average Bonchev–Trinajstić information content (AvgIpc) is 3.21. The van der Waals surface area contributed by atoms with Crippen LogP contribution >= 0.6 is 54.0 Å². The van der Waals surface area contributed by atoms with Crippen LogP contribution in [-0.4, -0.2) is 30.4 Å². The molecule has 2 saturated carbocycles. The Morgan fingerprint density at radius 2 is 1.59 bits per heavy atom. The second kappa shape index (κ2) is 14.7. The Balaban J connectivity index is 0.00000184. The monoisotopic (exact) mass is 732 g/mol. The van der Waals surface area contributed by atoms with Gasteiger partial charge in [-0.2, -0.15) is 75.6 Å². The molecule has 46 heavy (non-hydrogen) atoms. The Morgan fingerprint density at radius 1 is 0.935 bits per heavy atom. The average molecular weight is 733 g/mol. The number of benzene rings is 2. The molecule has 5 atom stereocenters. The Hall–Kier alpha value is -1.95. The zero-order valence-corrected chi connectivity index (χ0v) is 29.9. The number of carbonyl (C=O) groups excluding carboxylic acids is 1. The first-order chi connectivity index (χ1) is 19.8. The van der Waals surface area contributed by atoms with E-state index in [4.69, 9.17) is 0 Å². The first-order valence-corrected chi connectivity index (χ1v) is 15.6. The summed E-state index contributed by atoms with van der Waals surface area (Å²) >= 11 is 0. The Bertz CT molecular complexity index is 1660. The fourth-order valence-electron chi connectivity index (χ4n) is 7.80. The lowest BCUT2D eigenvalue weighted by molar-refractivity contribution is -0.114. The Kier molecular flexibility index (Phi) is 12.8. The minimum Gasteiger partial charge on any atom is -0.377 e. The summed E-state index contributed by atoms with van der Waals surface area (Å²) in [5.74, 6) is 6.23. The molecule has 5 nitrogen and oxygen atoms in total. The van der Waals surface area contributed by atoms with E-state index >= 15 is 0 Å². The van der Waals surface area contributed by atoms with Gasteiger partial charge in [-0.25, -0.2) is 0 Å². The molecular formula is C33H39F3O5S5. The molecule has 0 unspecified atom stereocenters. The maximum atomic E-state index is 12.9.